The second kappa shape index (κ2) is 6.00. The number of benzene rings is 1. The molecule has 8 nitrogen and oxygen atoms in total. The lowest BCUT2D eigenvalue weighted by atomic mass is 10.1. The van der Waals surface area contributed by atoms with Gasteiger partial charge in [0.2, 0.25) is 10.0 Å². The van der Waals surface area contributed by atoms with Gasteiger partial charge in [-0.15, -0.1) is 0 Å². The Morgan fingerprint density at radius 2 is 2.05 bits per heavy atom. The van der Waals surface area contributed by atoms with Gasteiger partial charge in [0.05, 0.1) is 29.7 Å². The van der Waals surface area contributed by atoms with E-state index in [2.05, 4.69) is 10.0 Å². The van der Waals surface area contributed by atoms with Gasteiger partial charge in [-0.25, -0.2) is 8.42 Å². The van der Waals surface area contributed by atoms with E-state index >= 15 is 0 Å². The summed E-state index contributed by atoms with van der Waals surface area (Å²) < 4.78 is 26.1. The van der Waals surface area contributed by atoms with Gasteiger partial charge in [0.15, 0.2) is 0 Å². The van der Waals surface area contributed by atoms with Crippen LogP contribution >= 0.6 is 0 Å². The molecule has 9 heteroatoms. The molecule has 0 aromatic heterocycles. The lowest BCUT2D eigenvalue weighted by Gasteiger charge is -2.23. The average Bonchev–Trinajstić information content (AvgIpc) is 2.77. The van der Waals surface area contributed by atoms with Crippen molar-refractivity contribution in [1.29, 1.82) is 0 Å². The Hall–Kier alpha value is -1.64. The number of sulfonamides is 1. The Morgan fingerprint density at radius 1 is 1.43 bits per heavy atom. The van der Waals surface area contributed by atoms with Crippen molar-refractivity contribution in [2.45, 2.75) is 30.0 Å². The topological polar surface area (TPSA) is 127 Å². The van der Waals surface area contributed by atoms with Crippen molar-refractivity contribution in [3.8, 4) is 0 Å². The van der Waals surface area contributed by atoms with Crippen LogP contribution in [0.3, 0.4) is 0 Å². The molecule has 1 aliphatic heterocycles. The molecule has 1 fully saturated rings. The van der Waals surface area contributed by atoms with Crippen molar-refractivity contribution in [3.63, 3.8) is 0 Å². The van der Waals surface area contributed by atoms with Crippen LogP contribution in [0.2, 0.25) is 0 Å². The summed E-state index contributed by atoms with van der Waals surface area (Å²) in [6.07, 6.45) is -1.23. The molecule has 0 radical (unpaired) electrons. The zero-order valence-electron chi connectivity index (χ0n) is 11.4. The molecule has 1 aromatic carbocycles. The van der Waals surface area contributed by atoms with Gasteiger partial charge in [-0.3, -0.25) is 0 Å². The first-order valence-corrected chi connectivity index (χ1v) is 7.77. The second-order valence-electron chi connectivity index (χ2n) is 4.90. The summed E-state index contributed by atoms with van der Waals surface area (Å²) in [5.41, 5.74) is 9.37. The first kappa shape index (κ1) is 15.7. The monoisotopic (exact) mass is 312 g/mol. The van der Waals surface area contributed by atoms with Crippen LogP contribution in [0.4, 0.5) is 0 Å². The van der Waals surface area contributed by atoms with Gasteiger partial charge < -0.3 is 10.2 Å². The Morgan fingerprint density at radius 3 is 2.57 bits per heavy atom. The summed E-state index contributed by atoms with van der Waals surface area (Å²) in [6, 6.07) is 4.33. The largest absolute Gasteiger partial charge is 0.395 e. The van der Waals surface area contributed by atoms with Gasteiger partial charge >= 0.3 is 0 Å². The third-order valence-electron chi connectivity index (χ3n) is 3.54. The Bertz CT molecular complexity index is 654. The van der Waals surface area contributed by atoms with E-state index in [4.69, 9.17) is 5.53 Å². The van der Waals surface area contributed by atoms with Gasteiger partial charge in [0.25, 0.3) is 0 Å². The maximum Gasteiger partial charge on any atom is 0.243 e. The maximum absolute atomic E-state index is 12.6. The SMILES string of the molecule is Cc1ccc(S(=O)(=O)N2C[C@H](N=[N+]=[N-])[C@@H](O)[C@H]2CO)cc1. The minimum Gasteiger partial charge on any atom is -0.395 e. The summed E-state index contributed by atoms with van der Waals surface area (Å²) in [4.78, 5) is 2.67. The number of hydrogen-bond acceptors (Lipinski definition) is 5. The average molecular weight is 312 g/mol. The van der Waals surface area contributed by atoms with Crippen LogP contribution in [-0.2, 0) is 10.0 Å². The van der Waals surface area contributed by atoms with Crippen molar-refractivity contribution in [3.05, 3.63) is 40.3 Å². The van der Waals surface area contributed by atoms with Crippen molar-refractivity contribution in [2.24, 2.45) is 5.11 Å². The van der Waals surface area contributed by atoms with E-state index in [1.165, 1.54) is 12.1 Å². The van der Waals surface area contributed by atoms with Gasteiger partial charge in [-0.2, -0.15) is 4.31 Å². The summed E-state index contributed by atoms with van der Waals surface area (Å²) in [5, 5.41) is 22.7. The van der Waals surface area contributed by atoms with Gasteiger partial charge in [0.1, 0.15) is 0 Å². The first-order valence-electron chi connectivity index (χ1n) is 6.33. The van der Waals surface area contributed by atoms with Gasteiger partial charge in [-0.05, 0) is 24.6 Å². The van der Waals surface area contributed by atoms with E-state index < -0.39 is 34.8 Å². The highest BCUT2D eigenvalue weighted by Crippen LogP contribution is 2.28. The van der Waals surface area contributed by atoms with Crippen LogP contribution in [-0.4, -0.2) is 54.3 Å². The fraction of sp³-hybridized carbons (Fsp3) is 0.500. The summed E-state index contributed by atoms with van der Waals surface area (Å²) in [5.74, 6) is 0. The van der Waals surface area contributed by atoms with Gasteiger partial charge in [-0.1, -0.05) is 22.8 Å². The molecule has 21 heavy (non-hydrogen) atoms. The first-order chi connectivity index (χ1) is 9.91. The molecule has 0 saturated carbocycles. The summed E-state index contributed by atoms with van der Waals surface area (Å²) >= 11 is 0. The van der Waals surface area contributed by atoms with Crippen LogP contribution < -0.4 is 0 Å². The molecular formula is C12H16N4O4S. The van der Waals surface area contributed by atoms with Crippen molar-refractivity contribution in [2.75, 3.05) is 13.2 Å². The minimum absolute atomic E-state index is 0.0698. The van der Waals surface area contributed by atoms with Crippen LogP contribution in [0, 0.1) is 6.92 Å². The maximum atomic E-state index is 12.6. The molecule has 0 spiro atoms. The summed E-state index contributed by atoms with van der Waals surface area (Å²) in [7, 11) is -3.87. The fourth-order valence-corrected chi connectivity index (χ4v) is 3.99. The Kier molecular flexibility index (Phi) is 4.50. The van der Waals surface area contributed by atoms with E-state index in [0.717, 1.165) is 9.87 Å². The van der Waals surface area contributed by atoms with E-state index in [1.807, 2.05) is 6.92 Å². The fourth-order valence-electron chi connectivity index (χ4n) is 2.35. The zero-order valence-corrected chi connectivity index (χ0v) is 12.2. The molecule has 1 heterocycles. The highest BCUT2D eigenvalue weighted by atomic mass is 32.2. The molecule has 2 rings (SSSR count). The lowest BCUT2D eigenvalue weighted by molar-refractivity contribution is 0.0918. The number of nitrogens with zero attached hydrogens (tertiary/aromatic N) is 4. The van der Waals surface area contributed by atoms with Crippen molar-refractivity contribution in [1.82, 2.24) is 4.31 Å². The minimum atomic E-state index is -3.87. The van der Waals surface area contributed by atoms with Crippen LogP contribution in [0.5, 0.6) is 0 Å². The molecule has 1 aliphatic rings. The normalized spacial score (nSPS) is 26.5. The molecule has 0 unspecified atom stereocenters. The number of aliphatic hydroxyl groups excluding tert-OH is 2. The standard InChI is InChI=1S/C12H16N4O4S/c1-8-2-4-9(5-3-8)21(19,20)16-6-10(14-15-13)12(18)11(16)7-17/h2-5,10-12,17-18H,6-7H2,1H3/t10-,11+,12+/m0/s1. The number of aliphatic hydroxyl groups is 2. The van der Waals surface area contributed by atoms with E-state index in [0.29, 0.717) is 0 Å². The molecule has 0 amide bonds. The van der Waals surface area contributed by atoms with Crippen molar-refractivity contribution >= 4 is 10.0 Å². The predicted octanol–water partition coefficient (Wildman–Crippen LogP) is 0.400. The zero-order chi connectivity index (χ0) is 15.6. The molecule has 1 saturated heterocycles. The molecule has 114 valence electrons. The smallest absolute Gasteiger partial charge is 0.243 e. The van der Waals surface area contributed by atoms with Crippen LogP contribution in [0.15, 0.2) is 34.3 Å². The number of aryl methyl sites for hydroxylation is 1. The third-order valence-corrected chi connectivity index (χ3v) is 5.45. The molecule has 3 atom stereocenters. The highest BCUT2D eigenvalue weighted by molar-refractivity contribution is 7.89. The second-order valence-corrected chi connectivity index (χ2v) is 6.79. The molecular weight excluding hydrogens is 296 g/mol. The lowest BCUT2D eigenvalue weighted by Crippen LogP contribution is -2.42. The molecule has 0 bridgehead atoms. The number of rotatable bonds is 4. The summed E-state index contributed by atoms with van der Waals surface area (Å²) in [6.45, 7) is 1.13. The predicted molar refractivity (Wildman–Crippen MR) is 74.9 cm³/mol. The van der Waals surface area contributed by atoms with Gasteiger partial charge in [0, 0.05) is 11.5 Å². The van der Waals surface area contributed by atoms with E-state index in [-0.39, 0.29) is 11.4 Å². The molecule has 0 aliphatic carbocycles. The van der Waals surface area contributed by atoms with E-state index in [1.54, 1.807) is 12.1 Å². The van der Waals surface area contributed by atoms with Crippen LogP contribution in [0.25, 0.3) is 10.4 Å². The highest BCUT2D eigenvalue weighted by Gasteiger charge is 2.46. The quantitative estimate of drug-likeness (QED) is 0.474. The van der Waals surface area contributed by atoms with Crippen LogP contribution in [0.1, 0.15) is 5.56 Å². The Labute approximate surface area is 122 Å². The number of azide groups is 1. The number of hydrogen-bond donors (Lipinski definition) is 2. The molecule has 2 N–H and O–H groups in total. The van der Waals surface area contributed by atoms with Crippen molar-refractivity contribution < 1.29 is 18.6 Å². The van der Waals surface area contributed by atoms with E-state index in [9.17, 15) is 18.6 Å². The Balaban J connectivity index is 2.39. The third kappa shape index (κ3) is 2.87. The molecule has 1 aromatic rings.